The Morgan fingerprint density at radius 1 is 0.840 bits per heavy atom. The van der Waals surface area contributed by atoms with Gasteiger partial charge in [-0.25, -0.2) is 14.6 Å². The molecule has 3 aliphatic rings. The maximum Gasteiger partial charge on any atom is 0.410 e. The highest BCUT2D eigenvalue weighted by Crippen LogP contribution is 2.36. The van der Waals surface area contributed by atoms with Crippen molar-refractivity contribution in [3.8, 4) is 22.4 Å². The molecule has 50 heavy (non-hydrogen) atoms. The SMILES string of the molecule is CN(C)Cc1cc(C2=CN=C([C@@H]3CCCN3C(=O)OC(C)(C)C)C2)ccc1-c1ccc(-c2cnc([C@@H]3CCCN3C(=O)OC(C)(C)C)[nH]2)cc1. The van der Waals surface area contributed by atoms with E-state index >= 15 is 0 Å². The van der Waals surface area contributed by atoms with Crippen LogP contribution < -0.4 is 0 Å². The van der Waals surface area contributed by atoms with Crippen molar-refractivity contribution < 1.29 is 19.1 Å². The van der Waals surface area contributed by atoms with Gasteiger partial charge in [0.05, 0.1) is 24.0 Å². The van der Waals surface area contributed by atoms with E-state index in [9.17, 15) is 9.59 Å². The van der Waals surface area contributed by atoms with E-state index < -0.39 is 11.2 Å². The molecule has 6 rings (SSSR count). The minimum Gasteiger partial charge on any atom is -0.444 e. The number of aromatic nitrogens is 2. The number of hydrogen-bond donors (Lipinski definition) is 1. The van der Waals surface area contributed by atoms with Crippen LogP contribution in [0.25, 0.3) is 28.0 Å². The zero-order chi connectivity index (χ0) is 35.8. The van der Waals surface area contributed by atoms with Gasteiger partial charge in [0.1, 0.15) is 17.0 Å². The molecule has 0 saturated carbocycles. The van der Waals surface area contributed by atoms with Gasteiger partial charge >= 0.3 is 12.2 Å². The van der Waals surface area contributed by atoms with Crippen LogP contribution in [0.5, 0.6) is 0 Å². The lowest BCUT2D eigenvalue weighted by molar-refractivity contribution is 0.0216. The molecule has 2 atom stereocenters. The Morgan fingerprint density at radius 2 is 1.42 bits per heavy atom. The number of ether oxygens (including phenoxy) is 2. The number of carbonyl (C=O) groups excluding carboxylic acids is 2. The normalized spacial score (nSPS) is 19.6. The fraction of sp³-hybridized carbons (Fsp3) is 0.500. The second-order valence-electron chi connectivity index (χ2n) is 16.0. The molecule has 0 spiro atoms. The number of rotatable bonds is 7. The van der Waals surface area contributed by atoms with Gasteiger partial charge in [0.15, 0.2) is 0 Å². The van der Waals surface area contributed by atoms with Gasteiger partial charge in [-0.2, -0.15) is 0 Å². The third-order valence-electron chi connectivity index (χ3n) is 9.28. The molecule has 0 radical (unpaired) electrons. The van der Waals surface area contributed by atoms with Crippen molar-refractivity contribution in [2.75, 3.05) is 27.2 Å². The third kappa shape index (κ3) is 8.12. The molecule has 1 aromatic heterocycles. The number of imidazole rings is 1. The van der Waals surface area contributed by atoms with Crippen LogP contribution in [0.3, 0.4) is 0 Å². The topological polar surface area (TPSA) is 103 Å². The second-order valence-corrected chi connectivity index (χ2v) is 16.0. The molecule has 2 amide bonds. The van der Waals surface area contributed by atoms with E-state index in [2.05, 4.69) is 71.4 Å². The highest BCUT2D eigenvalue weighted by Gasteiger charge is 2.37. The lowest BCUT2D eigenvalue weighted by atomic mass is 9.92. The van der Waals surface area contributed by atoms with Crippen molar-refractivity contribution in [3.05, 3.63) is 71.8 Å². The molecule has 10 heteroatoms. The largest absolute Gasteiger partial charge is 0.444 e. The van der Waals surface area contributed by atoms with Gasteiger partial charge in [0.2, 0.25) is 0 Å². The summed E-state index contributed by atoms with van der Waals surface area (Å²) >= 11 is 0. The quantitative estimate of drug-likeness (QED) is 0.269. The van der Waals surface area contributed by atoms with Gasteiger partial charge in [-0.3, -0.25) is 14.8 Å². The highest BCUT2D eigenvalue weighted by atomic mass is 16.6. The Morgan fingerprint density at radius 3 is 2.04 bits per heavy atom. The van der Waals surface area contributed by atoms with Crippen molar-refractivity contribution in [2.45, 2.75) is 103 Å². The summed E-state index contributed by atoms with van der Waals surface area (Å²) < 4.78 is 11.4. The zero-order valence-electron chi connectivity index (χ0n) is 30.9. The van der Waals surface area contributed by atoms with Crippen LogP contribution in [0, 0.1) is 0 Å². The van der Waals surface area contributed by atoms with Crippen LogP contribution in [0.2, 0.25) is 0 Å². The summed E-state index contributed by atoms with van der Waals surface area (Å²) in [5.41, 5.74) is 7.80. The van der Waals surface area contributed by atoms with Gasteiger partial charge in [-0.1, -0.05) is 36.4 Å². The average molecular weight is 681 g/mol. The van der Waals surface area contributed by atoms with Crippen molar-refractivity contribution in [1.29, 1.82) is 0 Å². The van der Waals surface area contributed by atoms with E-state index in [-0.39, 0.29) is 24.3 Å². The standard InChI is InChI=1S/C40H52N6O4/c1-39(2,3)49-37(47)45-19-9-11-34(45)32-22-29(23-41-32)28-17-18-31(30(21-28)25-44(7)8)26-13-15-27(16-14-26)33-24-42-36(43-33)35-12-10-20-46(35)38(48)50-40(4,5)6/h13-18,21,23-24,34-35H,9-12,19-20,22,25H2,1-8H3,(H,42,43)/t34-,35-/m0/s1. The molecular weight excluding hydrogens is 628 g/mol. The molecule has 0 unspecified atom stereocenters. The lowest BCUT2D eigenvalue weighted by Crippen LogP contribution is -2.43. The van der Waals surface area contributed by atoms with Gasteiger partial charge in [0.25, 0.3) is 0 Å². The summed E-state index contributed by atoms with van der Waals surface area (Å²) in [6.07, 6.45) is 7.63. The summed E-state index contributed by atoms with van der Waals surface area (Å²) in [6, 6.07) is 15.1. The van der Waals surface area contributed by atoms with Gasteiger partial charge in [-0.05, 0) is 121 Å². The maximum atomic E-state index is 12.9. The Kier molecular flexibility index (Phi) is 9.95. The number of nitrogens with zero attached hydrogens (tertiary/aromatic N) is 5. The van der Waals surface area contributed by atoms with E-state index in [1.165, 1.54) is 16.7 Å². The average Bonchev–Trinajstić information content (AvgIpc) is 3.85. The Labute approximate surface area is 296 Å². The number of amides is 2. The second kappa shape index (κ2) is 14.1. The fourth-order valence-corrected chi connectivity index (χ4v) is 7.10. The van der Waals surface area contributed by atoms with Crippen LogP contribution in [-0.2, 0) is 16.0 Å². The molecule has 266 valence electrons. The predicted octanol–water partition coefficient (Wildman–Crippen LogP) is 8.46. The van der Waals surface area contributed by atoms with E-state index in [4.69, 9.17) is 14.5 Å². The minimum absolute atomic E-state index is 0.0225. The van der Waals surface area contributed by atoms with Gasteiger partial charge in [-0.15, -0.1) is 0 Å². The van der Waals surface area contributed by atoms with E-state index in [0.717, 1.165) is 72.6 Å². The number of nitrogens with one attached hydrogen (secondary N) is 1. The number of likely N-dealkylation sites (tertiary alicyclic amines) is 2. The zero-order valence-corrected chi connectivity index (χ0v) is 30.9. The van der Waals surface area contributed by atoms with Gasteiger partial charge in [0, 0.05) is 38.0 Å². The monoisotopic (exact) mass is 680 g/mol. The molecule has 2 aromatic carbocycles. The Bertz CT molecular complexity index is 1780. The molecule has 2 saturated heterocycles. The summed E-state index contributed by atoms with van der Waals surface area (Å²) in [6.45, 7) is 13.5. The predicted molar refractivity (Wildman–Crippen MR) is 198 cm³/mol. The van der Waals surface area contributed by atoms with Gasteiger partial charge < -0.3 is 19.4 Å². The summed E-state index contributed by atoms with van der Waals surface area (Å²) in [7, 11) is 4.18. The van der Waals surface area contributed by atoms with Crippen LogP contribution >= 0.6 is 0 Å². The third-order valence-corrected chi connectivity index (χ3v) is 9.28. The number of allylic oxidation sites excluding steroid dienone is 1. The molecule has 10 nitrogen and oxygen atoms in total. The summed E-state index contributed by atoms with van der Waals surface area (Å²) in [5.74, 6) is 0.787. The molecule has 4 heterocycles. The van der Waals surface area contributed by atoms with E-state index in [1.54, 1.807) is 4.90 Å². The van der Waals surface area contributed by atoms with Crippen molar-refractivity contribution in [3.63, 3.8) is 0 Å². The Balaban J connectivity index is 1.16. The van der Waals surface area contributed by atoms with E-state index in [1.807, 2.05) is 58.8 Å². The van der Waals surface area contributed by atoms with Crippen molar-refractivity contribution in [2.24, 2.45) is 4.99 Å². The number of aromatic amines is 1. The number of hydrogen-bond acceptors (Lipinski definition) is 7. The first kappa shape index (κ1) is 35.4. The molecular formula is C40H52N6O4. The van der Waals surface area contributed by atoms with Crippen LogP contribution in [0.15, 0.2) is 59.9 Å². The highest BCUT2D eigenvalue weighted by molar-refractivity contribution is 6.03. The summed E-state index contributed by atoms with van der Waals surface area (Å²) in [5, 5.41) is 0. The van der Waals surface area contributed by atoms with Crippen molar-refractivity contribution in [1.82, 2.24) is 24.7 Å². The van der Waals surface area contributed by atoms with Crippen LogP contribution in [0.4, 0.5) is 9.59 Å². The first-order chi connectivity index (χ1) is 23.6. The number of carbonyl (C=O) groups is 2. The Hall–Kier alpha value is -4.44. The van der Waals surface area contributed by atoms with E-state index in [0.29, 0.717) is 13.1 Å². The first-order valence-corrected chi connectivity index (χ1v) is 17.8. The number of aliphatic imine (C=N–C) groups is 1. The smallest absolute Gasteiger partial charge is 0.410 e. The first-order valence-electron chi connectivity index (χ1n) is 17.8. The molecule has 0 aliphatic carbocycles. The van der Waals surface area contributed by atoms with Crippen molar-refractivity contribution >= 4 is 23.5 Å². The summed E-state index contributed by atoms with van der Waals surface area (Å²) in [4.78, 5) is 44.6. The molecule has 3 aromatic rings. The molecule has 1 N–H and O–H groups in total. The molecule has 3 aliphatic heterocycles. The number of H-pyrrole nitrogens is 1. The number of benzene rings is 2. The maximum absolute atomic E-state index is 12.9. The van der Waals surface area contributed by atoms with Crippen LogP contribution in [0.1, 0.15) is 96.6 Å². The molecule has 2 fully saturated rings. The lowest BCUT2D eigenvalue weighted by Gasteiger charge is -2.28. The molecule has 0 bridgehead atoms. The van der Waals surface area contributed by atoms with Crippen LogP contribution in [-0.4, -0.2) is 87.0 Å². The minimum atomic E-state index is -0.541. The fourth-order valence-electron chi connectivity index (χ4n) is 7.10.